The second kappa shape index (κ2) is 7.36. The molecular weight excluding hydrogens is 403 g/mol. The number of ether oxygens (including phenoxy) is 2. The van der Waals surface area contributed by atoms with E-state index in [1.165, 1.54) is 18.2 Å². The Kier molecular flexibility index (Phi) is 5.17. The largest absolute Gasteiger partial charge is 0.478 e. The lowest BCUT2D eigenvalue weighted by molar-refractivity contribution is 0.0697. The van der Waals surface area contributed by atoms with E-state index in [1.54, 1.807) is 12.1 Å². The van der Waals surface area contributed by atoms with Gasteiger partial charge in [-0.1, -0.05) is 23.2 Å². The fourth-order valence-electron chi connectivity index (χ4n) is 2.18. The number of hydrogen-bond donors (Lipinski definition) is 3. The Hall–Kier alpha value is -2.55. The lowest BCUT2D eigenvalue weighted by Gasteiger charge is -2.12. The van der Waals surface area contributed by atoms with Crippen LogP contribution in [0, 0.1) is 0 Å². The molecule has 1 aliphatic heterocycles. The molecule has 0 atom stereocenters. The summed E-state index contributed by atoms with van der Waals surface area (Å²) in [5, 5.41) is 14.3. The van der Waals surface area contributed by atoms with Crippen LogP contribution in [0.1, 0.15) is 20.7 Å². The molecule has 134 valence electrons. The Morgan fingerprint density at radius 2 is 1.81 bits per heavy atom. The Bertz CT molecular complexity index is 935. The number of halogens is 2. The molecule has 2 aromatic rings. The van der Waals surface area contributed by atoms with Crippen molar-refractivity contribution >= 4 is 58.1 Å². The van der Waals surface area contributed by atoms with Crippen LogP contribution in [0.25, 0.3) is 0 Å². The zero-order chi connectivity index (χ0) is 18.8. The van der Waals surface area contributed by atoms with E-state index in [1.807, 2.05) is 0 Å². The number of fused-ring (bicyclic) bond motifs is 1. The zero-order valence-corrected chi connectivity index (χ0v) is 15.2. The summed E-state index contributed by atoms with van der Waals surface area (Å²) in [6.45, 7) is 0.0986. The van der Waals surface area contributed by atoms with Crippen LogP contribution in [0.5, 0.6) is 11.5 Å². The fraction of sp³-hybridized carbons (Fsp3) is 0.0625. The van der Waals surface area contributed by atoms with E-state index < -0.39 is 11.9 Å². The van der Waals surface area contributed by atoms with Crippen molar-refractivity contribution in [2.45, 2.75) is 0 Å². The smallest absolute Gasteiger partial charge is 0.337 e. The van der Waals surface area contributed by atoms with Gasteiger partial charge in [-0.3, -0.25) is 10.1 Å². The van der Waals surface area contributed by atoms with E-state index >= 15 is 0 Å². The lowest BCUT2D eigenvalue weighted by atomic mass is 10.2. The van der Waals surface area contributed by atoms with E-state index in [-0.39, 0.29) is 33.2 Å². The molecular formula is C16H10Cl2N2O5S. The van der Waals surface area contributed by atoms with Gasteiger partial charge in [-0.2, -0.15) is 0 Å². The van der Waals surface area contributed by atoms with Crippen molar-refractivity contribution in [1.82, 2.24) is 5.32 Å². The number of anilines is 1. The monoisotopic (exact) mass is 412 g/mol. The van der Waals surface area contributed by atoms with E-state index in [4.69, 9.17) is 50.0 Å². The molecule has 0 spiro atoms. The highest BCUT2D eigenvalue weighted by atomic mass is 35.5. The molecule has 7 nitrogen and oxygen atoms in total. The minimum absolute atomic E-state index is 0.0108. The van der Waals surface area contributed by atoms with Gasteiger partial charge in [-0.15, -0.1) is 0 Å². The SMILES string of the molecule is O=C(NC(=S)Nc1cc(C(=O)O)c(Cl)cc1Cl)c1ccc2c(c1)OCO2. The second-order valence-corrected chi connectivity index (χ2v) is 6.32. The Labute approximate surface area is 162 Å². The van der Waals surface area contributed by atoms with Crippen molar-refractivity contribution in [1.29, 1.82) is 0 Å². The number of carboxylic acids is 1. The number of thiocarbonyl (C=S) groups is 1. The molecule has 0 aromatic heterocycles. The number of amides is 1. The molecule has 0 unspecified atom stereocenters. The quantitative estimate of drug-likeness (QED) is 0.663. The number of rotatable bonds is 3. The molecule has 10 heteroatoms. The highest BCUT2D eigenvalue weighted by Crippen LogP contribution is 2.32. The maximum Gasteiger partial charge on any atom is 0.337 e. The lowest BCUT2D eigenvalue weighted by Crippen LogP contribution is -2.34. The molecule has 0 aliphatic carbocycles. The molecule has 0 radical (unpaired) electrons. The van der Waals surface area contributed by atoms with Crippen LogP contribution in [-0.4, -0.2) is 28.9 Å². The van der Waals surface area contributed by atoms with Gasteiger partial charge >= 0.3 is 5.97 Å². The molecule has 0 saturated carbocycles. The van der Waals surface area contributed by atoms with Crippen LogP contribution in [0.15, 0.2) is 30.3 Å². The van der Waals surface area contributed by atoms with Crippen molar-refractivity contribution in [2.75, 3.05) is 12.1 Å². The second-order valence-electron chi connectivity index (χ2n) is 5.09. The van der Waals surface area contributed by atoms with E-state index in [2.05, 4.69) is 10.6 Å². The molecule has 2 aromatic carbocycles. The summed E-state index contributed by atoms with van der Waals surface area (Å²) in [5.74, 6) is -0.686. The summed E-state index contributed by atoms with van der Waals surface area (Å²) in [5.41, 5.74) is 0.361. The summed E-state index contributed by atoms with van der Waals surface area (Å²) >= 11 is 16.9. The predicted molar refractivity (Wildman–Crippen MR) is 99.7 cm³/mol. The third-order valence-electron chi connectivity index (χ3n) is 3.40. The number of hydrogen-bond acceptors (Lipinski definition) is 5. The summed E-state index contributed by atoms with van der Waals surface area (Å²) < 4.78 is 10.4. The average Bonchev–Trinajstić information content (AvgIpc) is 3.04. The van der Waals surface area contributed by atoms with E-state index in [0.29, 0.717) is 17.1 Å². The summed E-state index contributed by atoms with van der Waals surface area (Å²) in [6, 6.07) is 7.20. The van der Waals surface area contributed by atoms with Crippen molar-refractivity contribution < 1.29 is 24.2 Å². The van der Waals surface area contributed by atoms with E-state index in [9.17, 15) is 9.59 Å². The Morgan fingerprint density at radius 3 is 2.54 bits per heavy atom. The predicted octanol–water partition coefficient (Wildman–Crippen LogP) is 3.55. The van der Waals surface area contributed by atoms with Gasteiger partial charge in [0.2, 0.25) is 6.79 Å². The normalized spacial score (nSPS) is 11.8. The molecule has 3 rings (SSSR count). The minimum Gasteiger partial charge on any atom is -0.478 e. The topological polar surface area (TPSA) is 96.9 Å². The van der Waals surface area contributed by atoms with Gasteiger partial charge in [0.15, 0.2) is 16.6 Å². The summed E-state index contributed by atoms with van der Waals surface area (Å²) in [4.78, 5) is 23.4. The molecule has 3 N–H and O–H groups in total. The molecule has 0 fully saturated rings. The van der Waals surface area contributed by atoms with Gasteiger partial charge in [0, 0.05) is 5.56 Å². The van der Waals surface area contributed by atoms with Gasteiger partial charge in [0.1, 0.15) is 0 Å². The Balaban J connectivity index is 1.72. The number of carbonyl (C=O) groups is 2. The molecule has 1 aliphatic rings. The molecule has 1 heterocycles. The van der Waals surface area contributed by atoms with Gasteiger partial charge < -0.3 is 19.9 Å². The maximum atomic E-state index is 12.3. The molecule has 26 heavy (non-hydrogen) atoms. The molecule has 0 bridgehead atoms. The third-order valence-corrected chi connectivity index (χ3v) is 4.23. The number of carbonyl (C=O) groups excluding carboxylic acids is 1. The van der Waals surface area contributed by atoms with Crippen LogP contribution in [-0.2, 0) is 0 Å². The number of benzene rings is 2. The first-order chi connectivity index (χ1) is 12.3. The Morgan fingerprint density at radius 1 is 1.08 bits per heavy atom. The first-order valence-corrected chi connectivity index (χ1v) is 8.26. The van der Waals surface area contributed by atoms with Crippen LogP contribution < -0.4 is 20.1 Å². The zero-order valence-electron chi connectivity index (χ0n) is 12.8. The van der Waals surface area contributed by atoms with Crippen LogP contribution >= 0.6 is 35.4 Å². The van der Waals surface area contributed by atoms with Crippen molar-refractivity contribution in [3.05, 3.63) is 51.5 Å². The van der Waals surface area contributed by atoms with Crippen molar-refractivity contribution in [3.8, 4) is 11.5 Å². The average molecular weight is 413 g/mol. The van der Waals surface area contributed by atoms with E-state index in [0.717, 1.165) is 0 Å². The maximum absolute atomic E-state index is 12.3. The summed E-state index contributed by atoms with van der Waals surface area (Å²) in [7, 11) is 0. The number of nitrogens with one attached hydrogen (secondary N) is 2. The molecule has 0 saturated heterocycles. The van der Waals surface area contributed by atoms with Gasteiger partial charge in [0.25, 0.3) is 5.91 Å². The number of aromatic carboxylic acids is 1. The van der Waals surface area contributed by atoms with Gasteiger partial charge in [-0.25, -0.2) is 4.79 Å². The van der Waals surface area contributed by atoms with Crippen molar-refractivity contribution in [3.63, 3.8) is 0 Å². The van der Waals surface area contributed by atoms with Crippen molar-refractivity contribution in [2.24, 2.45) is 0 Å². The minimum atomic E-state index is -1.22. The standard InChI is InChI=1S/C16H10Cl2N2O5S/c17-9-5-10(18)11(4-8(9)15(22)23)19-16(26)20-14(21)7-1-2-12-13(3-7)25-6-24-12/h1-5H,6H2,(H,22,23)(H2,19,20,21,26). The van der Waals surface area contributed by atoms with Crippen LogP contribution in [0.3, 0.4) is 0 Å². The van der Waals surface area contributed by atoms with Gasteiger partial charge in [0.05, 0.1) is 21.3 Å². The summed E-state index contributed by atoms with van der Waals surface area (Å²) in [6.07, 6.45) is 0. The van der Waals surface area contributed by atoms with Gasteiger partial charge in [-0.05, 0) is 42.5 Å². The number of carboxylic acid groups (broad SMARTS) is 1. The molecule has 1 amide bonds. The first-order valence-electron chi connectivity index (χ1n) is 7.09. The third kappa shape index (κ3) is 3.82. The van der Waals surface area contributed by atoms with Crippen LogP contribution in [0.2, 0.25) is 10.0 Å². The van der Waals surface area contributed by atoms with Crippen LogP contribution in [0.4, 0.5) is 5.69 Å². The first kappa shape index (κ1) is 18.2. The fourth-order valence-corrected chi connectivity index (χ4v) is 2.89. The highest BCUT2D eigenvalue weighted by molar-refractivity contribution is 7.80. The highest BCUT2D eigenvalue weighted by Gasteiger charge is 2.18.